The number of rotatable bonds is 4. The number of carbonyl (C=O) groups excluding carboxylic acids is 1. The van der Waals surface area contributed by atoms with Crippen LogP contribution in [-0.4, -0.2) is 41.9 Å². The average Bonchev–Trinajstić information content (AvgIpc) is 2.91. The van der Waals surface area contributed by atoms with Crippen molar-refractivity contribution in [1.82, 2.24) is 15.3 Å². The zero-order valence-electron chi connectivity index (χ0n) is 14.0. The Balaban J connectivity index is 0.00000169. The Bertz CT molecular complexity index is 759. The van der Waals surface area contributed by atoms with Crippen molar-refractivity contribution < 1.29 is 7.65 Å². The van der Waals surface area contributed by atoms with Gasteiger partial charge in [0.25, 0.3) is 0 Å². The van der Waals surface area contributed by atoms with Crippen LogP contribution in [0.3, 0.4) is 0 Å². The number of nitrogens with zero attached hydrogens (tertiary/aromatic N) is 3. The first-order chi connectivity index (χ1) is 11.7. The molecule has 2 aromatic heterocycles. The fourth-order valence-electron chi connectivity index (χ4n) is 2.83. The molecule has 0 bridgehead atoms. The number of nitrogens with one attached hydrogen (secondary N) is 1. The average molecular weight is 326 g/mol. The number of aromatic nitrogens is 2. The molecule has 0 atom stereocenters. The molecule has 1 N–H and O–H groups in total. The van der Waals surface area contributed by atoms with Crippen LogP contribution in [0.5, 0.6) is 0 Å². The van der Waals surface area contributed by atoms with Crippen molar-refractivity contribution in [3.8, 4) is 0 Å². The van der Waals surface area contributed by atoms with Crippen LogP contribution in [0.1, 0.15) is 36.6 Å². The lowest BCUT2D eigenvalue weighted by molar-refractivity contribution is 0.103. The molecular weight excluding hydrogens is 300 g/mol. The summed E-state index contributed by atoms with van der Waals surface area (Å²) in [5.74, 6) is 0.758. The molecular formula is C19H26N4O. The van der Waals surface area contributed by atoms with E-state index in [1.54, 1.807) is 18.3 Å². The van der Waals surface area contributed by atoms with Gasteiger partial charge in [-0.3, -0.25) is 9.78 Å². The van der Waals surface area contributed by atoms with Crippen molar-refractivity contribution in [1.29, 1.82) is 0 Å². The Morgan fingerprint density at radius 1 is 1.38 bits per heavy atom. The van der Waals surface area contributed by atoms with Crippen LogP contribution in [0.4, 0.5) is 5.82 Å². The maximum Gasteiger partial charge on any atom is 0.213 e. The lowest BCUT2D eigenvalue weighted by Crippen LogP contribution is -2.29. The van der Waals surface area contributed by atoms with Crippen LogP contribution in [0.25, 0.3) is 6.08 Å². The molecule has 0 aliphatic carbocycles. The van der Waals surface area contributed by atoms with E-state index in [4.69, 9.17) is 0 Å². The molecule has 1 fully saturated rings. The lowest BCUT2D eigenvalue weighted by atomic mass is 10.0. The molecule has 128 valence electrons. The maximum atomic E-state index is 12.9. The quantitative estimate of drug-likeness (QED) is 0.876. The number of pyridine rings is 2. The van der Waals surface area contributed by atoms with Gasteiger partial charge in [-0.05, 0) is 43.7 Å². The predicted octanol–water partition coefficient (Wildman–Crippen LogP) is 2.95. The fraction of sp³-hybridized carbons (Fsp3) is 0.316. The van der Waals surface area contributed by atoms with Gasteiger partial charge in [0.2, 0.25) is 5.78 Å². The summed E-state index contributed by atoms with van der Waals surface area (Å²) in [6, 6.07) is 7.45. The largest absolute Gasteiger partial charge is 0.355 e. The highest BCUT2D eigenvalue weighted by atomic mass is 16.1. The zero-order valence-corrected chi connectivity index (χ0v) is 14.0. The molecule has 0 aromatic carbocycles. The highest BCUT2D eigenvalue weighted by Gasteiger charge is 2.17. The van der Waals surface area contributed by atoms with Gasteiger partial charge in [-0.25, -0.2) is 4.98 Å². The van der Waals surface area contributed by atoms with Crippen LogP contribution in [0.2, 0.25) is 0 Å². The minimum absolute atomic E-state index is 0. The van der Waals surface area contributed by atoms with Crippen molar-refractivity contribution in [2.45, 2.75) is 13.3 Å². The van der Waals surface area contributed by atoms with Gasteiger partial charge in [-0.1, -0.05) is 18.7 Å². The zero-order chi connectivity index (χ0) is 16.9. The molecule has 0 spiro atoms. The summed E-state index contributed by atoms with van der Waals surface area (Å²) in [4.78, 5) is 24.0. The van der Waals surface area contributed by atoms with E-state index in [-0.39, 0.29) is 8.64 Å². The van der Waals surface area contributed by atoms with Gasteiger partial charge in [-0.2, -0.15) is 0 Å². The van der Waals surface area contributed by atoms with E-state index in [0.29, 0.717) is 17.0 Å². The molecule has 5 heteroatoms. The van der Waals surface area contributed by atoms with Crippen LogP contribution in [0, 0.1) is 6.92 Å². The Morgan fingerprint density at radius 3 is 3.08 bits per heavy atom. The smallest absolute Gasteiger partial charge is 0.213 e. The molecule has 2 aromatic rings. The van der Waals surface area contributed by atoms with Gasteiger partial charge >= 0.3 is 0 Å². The summed E-state index contributed by atoms with van der Waals surface area (Å²) in [5, 5.41) is 3.38. The molecule has 24 heavy (non-hydrogen) atoms. The summed E-state index contributed by atoms with van der Waals surface area (Å²) in [6.07, 6.45) is 4.48. The fourth-order valence-corrected chi connectivity index (χ4v) is 2.83. The van der Waals surface area contributed by atoms with Crippen molar-refractivity contribution in [3.63, 3.8) is 0 Å². The van der Waals surface area contributed by atoms with Crippen LogP contribution in [-0.2, 0) is 0 Å². The van der Waals surface area contributed by atoms with Gasteiger partial charge in [-0.15, -0.1) is 0 Å². The Morgan fingerprint density at radius 2 is 2.25 bits per heavy atom. The van der Waals surface area contributed by atoms with Gasteiger partial charge in [0, 0.05) is 39.9 Å². The van der Waals surface area contributed by atoms with Crippen molar-refractivity contribution >= 4 is 17.7 Å². The van der Waals surface area contributed by atoms with Gasteiger partial charge < -0.3 is 10.2 Å². The molecule has 0 amide bonds. The third-order valence-corrected chi connectivity index (χ3v) is 4.22. The number of carbonyl (C=O) groups is 1. The SMILES string of the molecule is C=Cc1cnc(C)c(C(=O)c2cccc(N3CCCNCC3)n2)c1.[HH].[HH]. The number of hydrogen-bond acceptors (Lipinski definition) is 5. The van der Waals surface area contributed by atoms with Gasteiger partial charge in [0.1, 0.15) is 11.5 Å². The first-order valence-electron chi connectivity index (χ1n) is 8.25. The van der Waals surface area contributed by atoms with E-state index in [1.165, 1.54) is 0 Å². The highest BCUT2D eigenvalue weighted by Crippen LogP contribution is 2.17. The van der Waals surface area contributed by atoms with Crippen molar-refractivity contribution in [2.24, 2.45) is 0 Å². The highest BCUT2D eigenvalue weighted by molar-refractivity contribution is 6.08. The van der Waals surface area contributed by atoms with Gasteiger partial charge in [0.15, 0.2) is 0 Å². The number of aryl methyl sites for hydroxylation is 1. The second-order valence-corrected chi connectivity index (χ2v) is 5.91. The topological polar surface area (TPSA) is 58.1 Å². The van der Waals surface area contributed by atoms with E-state index in [9.17, 15) is 4.79 Å². The van der Waals surface area contributed by atoms with E-state index in [2.05, 4.69) is 26.8 Å². The summed E-state index contributed by atoms with van der Waals surface area (Å²) in [5.41, 5.74) is 2.57. The van der Waals surface area contributed by atoms with E-state index < -0.39 is 0 Å². The van der Waals surface area contributed by atoms with Gasteiger partial charge in [0.05, 0.1) is 0 Å². The Kier molecular flexibility index (Phi) is 5.01. The lowest BCUT2D eigenvalue weighted by Gasteiger charge is -2.21. The van der Waals surface area contributed by atoms with E-state index in [0.717, 1.165) is 44.0 Å². The van der Waals surface area contributed by atoms with Crippen LogP contribution >= 0.6 is 0 Å². The van der Waals surface area contributed by atoms with Crippen molar-refractivity contribution in [2.75, 3.05) is 31.1 Å². The van der Waals surface area contributed by atoms with Crippen LogP contribution in [0.15, 0.2) is 37.0 Å². The Labute approximate surface area is 145 Å². The minimum atomic E-state index is -0.0986. The normalized spacial score (nSPS) is 15.0. The minimum Gasteiger partial charge on any atom is -0.355 e. The molecule has 3 rings (SSSR count). The monoisotopic (exact) mass is 326 g/mol. The van der Waals surface area contributed by atoms with E-state index >= 15 is 0 Å². The molecule has 3 heterocycles. The summed E-state index contributed by atoms with van der Waals surface area (Å²) in [6.45, 7) is 9.38. The molecule has 0 unspecified atom stereocenters. The number of anilines is 1. The first-order valence-corrected chi connectivity index (χ1v) is 8.25. The summed E-state index contributed by atoms with van der Waals surface area (Å²) in [7, 11) is 0. The molecule has 0 radical (unpaired) electrons. The third-order valence-electron chi connectivity index (χ3n) is 4.22. The molecule has 5 nitrogen and oxygen atoms in total. The molecule has 0 saturated carbocycles. The summed E-state index contributed by atoms with van der Waals surface area (Å²) < 4.78 is 0. The second kappa shape index (κ2) is 7.36. The molecule has 1 aliphatic rings. The second-order valence-electron chi connectivity index (χ2n) is 5.91. The Hall–Kier alpha value is -2.53. The number of hydrogen-bond donors (Lipinski definition) is 1. The number of ketones is 1. The maximum absolute atomic E-state index is 12.9. The van der Waals surface area contributed by atoms with Crippen molar-refractivity contribution in [3.05, 3.63) is 59.6 Å². The molecule has 1 saturated heterocycles. The first kappa shape index (κ1) is 16.3. The third kappa shape index (κ3) is 3.51. The summed E-state index contributed by atoms with van der Waals surface area (Å²) >= 11 is 0. The molecule has 1 aliphatic heterocycles. The van der Waals surface area contributed by atoms with E-state index in [1.807, 2.05) is 25.1 Å². The predicted molar refractivity (Wildman–Crippen MR) is 101 cm³/mol. The standard InChI is InChI=1S/C19H22N4O.2H2/c1-3-15-12-16(14(2)21-13-15)19(24)17-6-4-7-18(22-17)23-10-5-8-20-9-11-23;;/h3-4,6-7,12-13,20H,1,5,8-11H2,2H3;2*1H. The van der Waals surface area contributed by atoms with Crippen LogP contribution < -0.4 is 10.2 Å².